The molecule has 1 aliphatic rings. The van der Waals surface area contributed by atoms with Gasteiger partial charge in [-0.05, 0) is 43.3 Å². The topological polar surface area (TPSA) is 80.9 Å². The number of amides is 1. The minimum Gasteiger partial charge on any atom is -0.494 e. The molecule has 1 saturated heterocycles. The number of benzene rings is 2. The molecule has 1 unspecified atom stereocenters. The highest BCUT2D eigenvalue weighted by Gasteiger charge is 2.25. The van der Waals surface area contributed by atoms with Gasteiger partial charge < -0.3 is 24.1 Å². The SMILES string of the molecule is CCOc1ccc2[nH]c(=O)c(CN(CC3COCCO3)C(=O)c3ccccc3F)cc2c1. The van der Waals surface area contributed by atoms with Gasteiger partial charge in [0.2, 0.25) is 0 Å². The van der Waals surface area contributed by atoms with E-state index in [1.165, 1.54) is 23.1 Å². The smallest absolute Gasteiger partial charge is 0.257 e. The Balaban J connectivity index is 1.67. The summed E-state index contributed by atoms with van der Waals surface area (Å²) in [5, 5.41) is 0.779. The first kappa shape index (κ1) is 22.0. The molecule has 0 radical (unpaired) electrons. The molecule has 2 aromatic carbocycles. The van der Waals surface area contributed by atoms with Gasteiger partial charge in [0.15, 0.2) is 0 Å². The number of aromatic amines is 1. The first-order chi connectivity index (χ1) is 15.5. The van der Waals surface area contributed by atoms with Crippen LogP contribution in [-0.2, 0) is 16.0 Å². The van der Waals surface area contributed by atoms with Crippen molar-refractivity contribution >= 4 is 16.8 Å². The Labute approximate surface area is 184 Å². The summed E-state index contributed by atoms with van der Waals surface area (Å²) in [6.45, 7) is 3.82. The zero-order chi connectivity index (χ0) is 22.5. The highest BCUT2D eigenvalue weighted by atomic mass is 19.1. The van der Waals surface area contributed by atoms with Crippen molar-refractivity contribution in [2.24, 2.45) is 0 Å². The number of fused-ring (bicyclic) bond motifs is 1. The Bertz CT molecular complexity index is 1160. The maximum atomic E-state index is 14.3. The number of carbonyl (C=O) groups is 1. The number of H-pyrrole nitrogens is 1. The van der Waals surface area contributed by atoms with Crippen LogP contribution in [0.4, 0.5) is 4.39 Å². The summed E-state index contributed by atoms with van der Waals surface area (Å²) < 4.78 is 31.0. The minimum absolute atomic E-state index is 0.00281. The lowest BCUT2D eigenvalue weighted by Gasteiger charge is -2.30. The van der Waals surface area contributed by atoms with Gasteiger partial charge in [0.05, 0.1) is 44.6 Å². The molecule has 8 heteroatoms. The van der Waals surface area contributed by atoms with Crippen LogP contribution in [0.2, 0.25) is 0 Å². The Kier molecular flexibility index (Phi) is 6.82. The molecule has 3 aromatic rings. The van der Waals surface area contributed by atoms with Crippen LogP contribution in [-0.4, -0.2) is 54.9 Å². The number of pyridine rings is 1. The van der Waals surface area contributed by atoms with Crippen molar-refractivity contribution in [3.63, 3.8) is 0 Å². The van der Waals surface area contributed by atoms with E-state index in [1.807, 2.05) is 13.0 Å². The van der Waals surface area contributed by atoms with Crippen molar-refractivity contribution < 1.29 is 23.4 Å². The van der Waals surface area contributed by atoms with E-state index in [9.17, 15) is 14.0 Å². The Hall–Kier alpha value is -3.23. The second kappa shape index (κ2) is 9.93. The molecule has 0 saturated carbocycles. The van der Waals surface area contributed by atoms with E-state index in [2.05, 4.69) is 4.98 Å². The predicted molar refractivity (Wildman–Crippen MR) is 117 cm³/mol. The summed E-state index contributed by atoms with van der Waals surface area (Å²) in [7, 11) is 0. The maximum Gasteiger partial charge on any atom is 0.257 e. The van der Waals surface area contributed by atoms with Gasteiger partial charge in [-0.3, -0.25) is 9.59 Å². The fraction of sp³-hybridized carbons (Fsp3) is 0.333. The number of carbonyl (C=O) groups excluding carboxylic acids is 1. The number of hydrogen-bond acceptors (Lipinski definition) is 5. The van der Waals surface area contributed by atoms with E-state index in [0.717, 1.165) is 5.39 Å². The van der Waals surface area contributed by atoms with Gasteiger partial charge in [0.1, 0.15) is 11.6 Å². The number of hydrogen-bond donors (Lipinski definition) is 1. The van der Waals surface area contributed by atoms with Crippen molar-refractivity contribution in [2.45, 2.75) is 19.6 Å². The first-order valence-electron chi connectivity index (χ1n) is 10.6. The highest BCUT2D eigenvalue weighted by molar-refractivity contribution is 5.94. The summed E-state index contributed by atoms with van der Waals surface area (Å²) in [4.78, 5) is 30.2. The van der Waals surface area contributed by atoms with Crippen LogP contribution >= 0.6 is 0 Å². The van der Waals surface area contributed by atoms with Crippen molar-refractivity contribution in [1.82, 2.24) is 9.88 Å². The summed E-state index contributed by atoms with van der Waals surface area (Å²) in [6.07, 6.45) is -0.358. The van der Waals surface area contributed by atoms with Gasteiger partial charge in [-0.1, -0.05) is 12.1 Å². The monoisotopic (exact) mass is 440 g/mol. The van der Waals surface area contributed by atoms with E-state index in [4.69, 9.17) is 14.2 Å². The summed E-state index contributed by atoms with van der Waals surface area (Å²) in [6, 6.07) is 12.9. The third-order valence-electron chi connectivity index (χ3n) is 5.27. The summed E-state index contributed by atoms with van der Waals surface area (Å²) in [5.41, 5.74) is 0.680. The normalized spacial score (nSPS) is 16.1. The minimum atomic E-state index is -0.614. The molecule has 1 amide bonds. The van der Waals surface area contributed by atoms with Gasteiger partial charge in [-0.25, -0.2) is 4.39 Å². The molecule has 168 valence electrons. The molecule has 1 N–H and O–H groups in total. The van der Waals surface area contributed by atoms with Crippen LogP contribution in [0.5, 0.6) is 5.75 Å². The van der Waals surface area contributed by atoms with Crippen LogP contribution in [0, 0.1) is 5.82 Å². The van der Waals surface area contributed by atoms with Gasteiger partial charge in [0.25, 0.3) is 11.5 Å². The lowest BCUT2D eigenvalue weighted by atomic mass is 10.1. The summed E-state index contributed by atoms with van der Waals surface area (Å²) >= 11 is 0. The molecule has 0 spiro atoms. The standard InChI is InChI=1S/C24H25FN2O5/c1-2-31-18-7-8-22-16(12-18)11-17(23(28)26-22)13-27(14-19-15-30-9-10-32-19)24(29)20-5-3-4-6-21(20)25/h3-8,11-12,19H,2,9-10,13-15H2,1H3,(H,26,28). The fourth-order valence-corrected chi connectivity index (χ4v) is 3.72. The Morgan fingerprint density at radius 1 is 1.22 bits per heavy atom. The number of rotatable bonds is 7. The Morgan fingerprint density at radius 3 is 2.81 bits per heavy atom. The molecular formula is C24H25FN2O5. The van der Waals surface area contributed by atoms with Gasteiger partial charge in [0, 0.05) is 23.0 Å². The second-order valence-electron chi connectivity index (χ2n) is 7.54. The molecular weight excluding hydrogens is 415 g/mol. The molecule has 2 heterocycles. The average Bonchev–Trinajstić information content (AvgIpc) is 2.80. The lowest BCUT2D eigenvalue weighted by Crippen LogP contribution is -2.43. The van der Waals surface area contributed by atoms with E-state index in [-0.39, 0.29) is 30.3 Å². The number of nitrogens with zero attached hydrogens (tertiary/aromatic N) is 1. The lowest BCUT2D eigenvalue weighted by molar-refractivity contribution is -0.0953. The summed E-state index contributed by atoms with van der Waals surface area (Å²) in [5.74, 6) is -0.443. The molecule has 1 fully saturated rings. The number of halogens is 1. The molecule has 0 aliphatic carbocycles. The predicted octanol–water partition coefficient (Wildman–Crippen LogP) is 3.12. The number of ether oxygens (including phenoxy) is 3. The van der Waals surface area contributed by atoms with Gasteiger partial charge in [-0.2, -0.15) is 0 Å². The van der Waals surface area contributed by atoms with Crippen LogP contribution in [0.25, 0.3) is 10.9 Å². The van der Waals surface area contributed by atoms with Crippen LogP contribution < -0.4 is 10.3 Å². The third-order valence-corrected chi connectivity index (χ3v) is 5.27. The number of aromatic nitrogens is 1. The average molecular weight is 440 g/mol. The van der Waals surface area contributed by atoms with Gasteiger partial charge in [-0.15, -0.1) is 0 Å². The molecule has 1 aliphatic heterocycles. The second-order valence-corrected chi connectivity index (χ2v) is 7.54. The molecule has 7 nitrogen and oxygen atoms in total. The fourth-order valence-electron chi connectivity index (χ4n) is 3.72. The highest BCUT2D eigenvalue weighted by Crippen LogP contribution is 2.21. The van der Waals surface area contributed by atoms with E-state index < -0.39 is 11.7 Å². The zero-order valence-electron chi connectivity index (χ0n) is 17.8. The van der Waals surface area contributed by atoms with Crippen molar-refractivity contribution in [3.05, 3.63) is 75.8 Å². The van der Waals surface area contributed by atoms with E-state index in [0.29, 0.717) is 43.3 Å². The largest absolute Gasteiger partial charge is 0.494 e. The first-order valence-corrected chi connectivity index (χ1v) is 10.6. The molecule has 1 aromatic heterocycles. The van der Waals surface area contributed by atoms with Crippen LogP contribution in [0.15, 0.2) is 53.3 Å². The molecule has 4 rings (SSSR count). The van der Waals surface area contributed by atoms with Crippen molar-refractivity contribution in [2.75, 3.05) is 33.0 Å². The van der Waals surface area contributed by atoms with Crippen molar-refractivity contribution in [3.8, 4) is 5.75 Å². The van der Waals surface area contributed by atoms with Gasteiger partial charge >= 0.3 is 0 Å². The number of nitrogens with one attached hydrogen (secondary N) is 1. The Morgan fingerprint density at radius 2 is 2.06 bits per heavy atom. The van der Waals surface area contributed by atoms with E-state index in [1.54, 1.807) is 24.3 Å². The van der Waals surface area contributed by atoms with Crippen molar-refractivity contribution in [1.29, 1.82) is 0 Å². The molecule has 0 bridgehead atoms. The maximum absolute atomic E-state index is 14.3. The zero-order valence-corrected chi connectivity index (χ0v) is 17.8. The molecule has 32 heavy (non-hydrogen) atoms. The van der Waals surface area contributed by atoms with E-state index >= 15 is 0 Å². The molecule has 1 atom stereocenters. The van der Waals surface area contributed by atoms with Crippen LogP contribution in [0.3, 0.4) is 0 Å². The quantitative estimate of drug-likeness (QED) is 0.611. The third kappa shape index (κ3) is 4.98. The van der Waals surface area contributed by atoms with Crippen LogP contribution in [0.1, 0.15) is 22.8 Å².